The van der Waals surface area contributed by atoms with Gasteiger partial charge in [0.05, 0.1) is 24.0 Å². The van der Waals surface area contributed by atoms with E-state index in [9.17, 15) is 4.79 Å². The second kappa shape index (κ2) is 7.42. The average Bonchev–Trinajstić information content (AvgIpc) is 3.28. The van der Waals surface area contributed by atoms with Crippen LogP contribution in [0, 0.1) is 6.92 Å². The summed E-state index contributed by atoms with van der Waals surface area (Å²) in [6.07, 6.45) is 7.03. The highest BCUT2D eigenvalue weighted by molar-refractivity contribution is 5.95. The van der Waals surface area contributed by atoms with E-state index in [1.165, 1.54) is 0 Å². The van der Waals surface area contributed by atoms with Gasteiger partial charge in [0.1, 0.15) is 0 Å². The second-order valence-electron chi connectivity index (χ2n) is 7.87. The summed E-state index contributed by atoms with van der Waals surface area (Å²) in [5.74, 6) is 1.39. The van der Waals surface area contributed by atoms with Crippen LogP contribution in [0.25, 0.3) is 0 Å². The fraction of sp³-hybridized carbons (Fsp3) is 0.684. The number of likely N-dealkylation sites (N-methyl/N-ethyl adjacent to an activating group) is 1. The Morgan fingerprint density at radius 2 is 2.22 bits per heavy atom. The number of nitrogens with zero attached hydrogens (tertiary/aromatic N) is 6. The summed E-state index contributed by atoms with van der Waals surface area (Å²) in [6, 6.07) is 0.569. The van der Waals surface area contributed by atoms with Crippen LogP contribution in [0.15, 0.2) is 10.7 Å². The van der Waals surface area contributed by atoms with Crippen molar-refractivity contribution in [1.29, 1.82) is 0 Å². The largest absolute Gasteiger partial charge is 0.340 e. The smallest absolute Gasteiger partial charge is 0.257 e. The molecule has 27 heavy (non-hydrogen) atoms. The highest BCUT2D eigenvalue weighted by Gasteiger charge is 2.30. The van der Waals surface area contributed by atoms with Crippen molar-refractivity contribution in [2.45, 2.75) is 64.6 Å². The maximum Gasteiger partial charge on any atom is 0.257 e. The van der Waals surface area contributed by atoms with Gasteiger partial charge in [-0.25, -0.2) is 0 Å². The Morgan fingerprint density at radius 3 is 3.00 bits per heavy atom. The normalized spacial score (nSPS) is 23.2. The molecular formula is C19H28N6O2. The summed E-state index contributed by atoms with van der Waals surface area (Å²) in [5.41, 5.74) is 1.87. The standard InChI is InChI=1S/C19H28N6O2/c1-13-6-4-8-17-16(10-20-25(13)17)19(26)23(3)15-7-5-9-24(11-15)12-18-21-14(2)27-22-18/h10,13,15H,4-9,11-12H2,1-3H3. The zero-order valence-electron chi connectivity index (χ0n) is 16.4. The van der Waals surface area contributed by atoms with Gasteiger partial charge in [0.2, 0.25) is 5.89 Å². The minimum Gasteiger partial charge on any atom is -0.340 e. The third kappa shape index (κ3) is 3.63. The molecule has 0 aliphatic carbocycles. The molecule has 2 aliphatic rings. The molecule has 146 valence electrons. The molecule has 8 heteroatoms. The number of carbonyl (C=O) groups is 1. The molecule has 2 atom stereocenters. The van der Waals surface area contributed by atoms with E-state index < -0.39 is 0 Å². The molecule has 1 fully saturated rings. The molecule has 1 amide bonds. The van der Waals surface area contributed by atoms with Crippen molar-refractivity contribution >= 4 is 5.91 Å². The van der Waals surface area contributed by atoms with E-state index in [-0.39, 0.29) is 11.9 Å². The number of piperidine rings is 1. The van der Waals surface area contributed by atoms with Crippen molar-refractivity contribution < 1.29 is 9.32 Å². The topological polar surface area (TPSA) is 80.3 Å². The Hall–Kier alpha value is -2.22. The van der Waals surface area contributed by atoms with Crippen LogP contribution in [0.3, 0.4) is 0 Å². The SMILES string of the molecule is Cc1nc(CN2CCCC(N(C)C(=O)c3cnn4c3CCCC4C)C2)no1. The molecule has 0 N–H and O–H groups in total. The molecule has 2 unspecified atom stereocenters. The summed E-state index contributed by atoms with van der Waals surface area (Å²) in [4.78, 5) is 21.7. The van der Waals surface area contributed by atoms with E-state index in [1.807, 2.05) is 16.6 Å². The summed E-state index contributed by atoms with van der Waals surface area (Å²) >= 11 is 0. The molecule has 2 aromatic rings. The minimum absolute atomic E-state index is 0.0904. The maximum atomic E-state index is 13.2. The van der Waals surface area contributed by atoms with Crippen LogP contribution >= 0.6 is 0 Å². The van der Waals surface area contributed by atoms with Crippen molar-refractivity contribution in [2.24, 2.45) is 0 Å². The number of carbonyl (C=O) groups excluding carboxylic acids is 1. The van der Waals surface area contributed by atoms with Crippen molar-refractivity contribution in [1.82, 2.24) is 29.7 Å². The van der Waals surface area contributed by atoms with Gasteiger partial charge in [-0.05, 0) is 45.6 Å². The zero-order chi connectivity index (χ0) is 19.0. The Labute approximate surface area is 159 Å². The molecule has 4 rings (SSSR count). The van der Waals surface area contributed by atoms with Crippen molar-refractivity contribution in [3.8, 4) is 0 Å². The molecule has 0 radical (unpaired) electrons. The van der Waals surface area contributed by atoms with E-state index in [0.29, 0.717) is 24.3 Å². The highest BCUT2D eigenvalue weighted by atomic mass is 16.5. The molecule has 0 spiro atoms. The third-order valence-electron chi connectivity index (χ3n) is 5.87. The molecular weight excluding hydrogens is 344 g/mol. The van der Waals surface area contributed by atoms with Gasteiger partial charge in [0.25, 0.3) is 5.91 Å². The summed E-state index contributed by atoms with van der Waals surface area (Å²) in [7, 11) is 1.92. The highest BCUT2D eigenvalue weighted by Crippen LogP contribution is 2.27. The number of hydrogen-bond donors (Lipinski definition) is 0. The number of aryl methyl sites for hydroxylation is 1. The summed E-state index contributed by atoms with van der Waals surface area (Å²) < 4.78 is 7.11. The van der Waals surface area contributed by atoms with E-state index in [2.05, 4.69) is 27.1 Å². The fourth-order valence-electron chi connectivity index (χ4n) is 4.33. The predicted octanol–water partition coefficient (Wildman–Crippen LogP) is 2.21. The monoisotopic (exact) mass is 372 g/mol. The predicted molar refractivity (Wildman–Crippen MR) is 99.3 cm³/mol. The Kier molecular flexibility index (Phi) is 4.99. The van der Waals surface area contributed by atoms with Crippen LogP contribution in [0.1, 0.15) is 66.4 Å². The van der Waals surface area contributed by atoms with Crippen LogP contribution in [-0.2, 0) is 13.0 Å². The number of likely N-dealkylation sites (tertiary alicyclic amines) is 1. The van der Waals surface area contributed by atoms with E-state index in [0.717, 1.165) is 56.5 Å². The molecule has 2 aromatic heterocycles. The quantitative estimate of drug-likeness (QED) is 0.819. The van der Waals surface area contributed by atoms with Gasteiger partial charge in [-0.1, -0.05) is 5.16 Å². The number of hydrogen-bond acceptors (Lipinski definition) is 6. The number of fused-ring (bicyclic) bond motifs is 1. The van der Waals surface area contributed by atoms with Gasteiger partial charge in [0, 0.05) is 32.6 Å². The van der Waals surface area contributed by atoms with Gasteiger partial charge < -0.3 is 9.42 Å². The van der Waals surface area contributed by atoms with Crippen LogP contribution in [0.5, 0.6) is 0 Å². The number of rotatable bonds is 4. The lowest BCUT2D eigenvalue weighted by molar-refractivity contribution is 0.0603. The van der Waals surface area contributed by atoms with Crippen molar-refractivity contribution in [2.75, 3.05) is 20.1 Å². The van der Waals surface area contributed by atoms with Crippen LogP contribution < -0.4 is 0 Å². The van der Waals surface area contributed by atoms with E-state index in [4.69, 9.17) is 4.52 Å². The van der Waals surface area contributed by atoms with Gasteiger partial charge in [-0.15, -0.1) is 0 Å². The first kappa shape index (κ1) is 18.2. The molecule has 0 aromatic carbocycles. The van der Waals surface area contributed by atoms with Crippen LogP contribution in [-0.4, -0.2) is 61.8 Å². The molecule has 0 saturated carbocycles. The fourth-order valence-corrected chi connectivity index (χ4v) is 4.33. The van der Waals surface area contributed by atoms with Crippen LogP contribution in [0.4, 0.5) is 0 Å². The average molecular weight is 372 g/mol. The summed E-state index contributed by atoms with van der Waals surface area (Å²) in [5, 5.41) is 8.48. The van der Waals surface area contributed by atoms with Crippen LogP contribution in [0.2, 0.25) is 0 Å². The van der Waals surface area contributed by atoms with Gasteiger partial charge in [0.15, 0.2) is 5.82 Å². The molecule has 4 heterocycles. The first-order valence-corrected chi connectivity index (χ1v) is 9.88. The van der Waals surface area contributed by atoms with Gasteiger partial charge >= 0.3 is 0 Å². The van der Waals surface area contributed by atoms with Crippen molar-refractivity contribution in [3.05, 3.63) is 29.2 Å². The first-order chi connectivity index (χ1) is 13.0. The van der Waals surface area contributed by atoms with Gasteiger partial charge in [-0.3, -0.25) is 14.4 Å². The van der Waals surface area contributed by atoms with E-state index in [1.54, 1.807) is 13.1 Å². The first-order valence-electron chi connectivity index (χ1n) is 9.88. The zero-order valence-corrected chi connectivity index (χ0v) is 16.4. The lowest BCUT2D eigenvalue weighted by Crippen LogP contribution is -2.48. The van der Waals surface area contributed by atoms with Crippen molar-refractivity contribution in [3.63, 3.8) is 0 Å². The Morgan fingerprint density at radius 1 is 1.37 bits per heavy atom. The molecule has 0 bridgehead atoms. The maximum absolute atomic E-state index is 13.2. The van der Waals surface area contributed by atoms with E-state index >= 15 is 0 Å². The molecule has 2 aliphatic heterocycles. The molecule has 1 saturated heterocycles. The Balaban J connectivity index is 1.44. The second-order valence-corrected chi connectivity index (χ2v) is 7.87. The number of amides is 1. The number of aromatic nitrogens is 4. The lowest BCUT2D eigenvalue weighted by atomic mass is 10.00. The third-order valence-corrected chi connectivity index (χ3v) is 5.87. The van der Waals surface area contributed by atoms with Gasteiger partial charge in [-0.2, -0.15) is 10.1 Å². The Bertz CT molecular complexity index is 813. The molecule has 8 nitrogen and oxygen atoms in total. The summed E-state index contributed by atoms with van der Waals surface area (Å²) in [6.45, 7) is 6.46. The minimum atomic E-state index is 0.0904. The lowest BCUT2D eigenvalue weighted by Gasteiger charge is -2.37.